The van der Waals surface area contributed by atoms with E-state index >= 15 is 0 Å². The predicted molar refractivity (Wildman–Crippen MR) is 100.0 cm³/mol. The van der Waals surface area contributed by atoms with Crippen LogP contribution < -0.4 is 5.48 Å². The summed E-state index contributed by atoms with van der Waals surface area (Å²) in [6.45, 7) is 0. The second kappa shape index (κ2) is 6.82. The molecule has 4 fully saturated rings. The standard InChI is InChI=1S/C20H22ClN3O3/c21-20-22-15(17-8-7-16(26-17)13-5-6-13)10-18(23-20)24-27-19(25)14-9-11-1-3-12(14)4-2-11/h7-8,10-14H,1-6,9H2,(H,22,23,24). The number of rotatable bonds is 5. The van der Waals surface area contributed by atoms with E-state index in [1.165, 1.54) is 25.7 Å². The lowest BCUT2D eigenvalue weighted by molar-refractivity contribution is -0.151. The second-order valence-corrected chi connectivity index (χ2v) is 8.37. The number of carbonyl (C=O) groups excluding carboxylic acids is 1. The lowest BCUT2D eigenvalue weighted by Crippen LogP contribution is -2.37. The summed E-state index contributed by atoms with van der Waals surface area (Å²) in [5, 5.41) is 0.0761. The number of halogens is 1. The van der Waals surface area contributed by atoms with E-state index in [4.69, 9.17) is 20.9 Å². The Bertz CT molecular complexity index is 856. The van der Waals surface area contributed by atoms with Crippen molar-refractivity contribution in [1.29, 1.82) is 0 Å². The molecule has 142 valence electrons. The zero-order valence-electron chi connectivity index (χ0n) is 15.0. The van der Waals surface area contributed by atoms with E-state index in [0.717, 1.165) is 25.0 Å². The number of aromatic nitrogens is 2. The summed E-state index contributed by atoms with van der Waals surface area (Å²) in [5.41, 5.74) is 3.23. The van der Waals surface area contributed by atoms with Crippen LogP contribution in [0.2, 0.25) is 5.28 Å². The molecule has 4 saturated carbocycles. The Morgan fingerprint density at radius 2 is 1.96 bits per heavy atom. The molecule has 0 aliphatic heterocycles. The van der Waals surface area contributed by atoms with Crippen LogP contribution in [0.25, 0.3) is 11.5 Å². The van der Waals surface area contributed by atoms with Gasteiger partial charge in [0.15, 0.2) is 11.6 Å². The van der Waals surface area contributed by atoms with Crippen molar-refractivity contribution in [3.63, 3.8) is 0 Å². The highest BCUT2D eigenvalue weighted by Crippen LogP contribution is 2.45. The maximum atomic E-state index is 12.5. The van der Waals surface area contributed by atoms with Crippen molar-refractivity contribution in [2.75, 3.05) is 5.48 Å². The molecule has 0 aromatic carbocycles. The molecule has 0 amide bonds. The van der Waals surface area contributed by atoms with Crippen LogP contribution in [0.3, 0.4) is 0 Å². The molecule has 2 bridgehead atoms. The number of hydrogen-bond donors (Lipinski definition) is 1. The number of hydrogen-bond acceptors (Lipinski definition) is 6. The molecule has 1 N–H and O–H groups in total. The zero-order valence-corrected chi connectivity index (χ0v) is 15.7. The molecule has 7 heteroatoms. The van der Waals surface area contributed by atoms with E-state index < -0.39 is 0 Å². The highest BCUT2D eigenvalue weighted by molar-refractivity contribution is 6.28. The monoisotopic (exact) mass is 387 g/mol. The summed E-state index contributed by atoms with van der Waals surface area (Å²) >= 11 is 6.05. The Kier molecular flexibility index (Phi) is 4.31. The summed E-state index contributed by atoms with van der Waals surface area (Å²) < 4.78 is 5.87. The molecule has 0 radical (unpaired) electrons. The van der Waals surface area contributed by atoms with E-state index in [1.807, 2.05) is 12.1 Å². The Hall–Kier alpha value is -2.08. The Morgan fingerprint density at radius 3 is 2.67 bits per heavy atom. The van der Waals surface area contributed by atoms with Crippen LogP contribution in [-0.4, -0.2) is 15.9 Å². The fourth-order valence-electron chi connectivity index (χ4n) is 4.52. The number of nitrogens with one attached hydrogen (secondary N) is 1. The summed E-state index contributed by atoms with van der Waals surface area (Å²) in [4.78, 5) is 26.2. The normalized spacial score (nSPS) is 26.8. The average Bonchev–Trinajstić information content (AvgIpc) is 3.43. The number of anilines is 1. The molecule has 0 spiro atoms. The number of fused-ring (bicyclic) bond motifs is 3. The molecule has 4 aliphatic rings. The minimum atomic E-state index is -0.199. The zero-order chi connectivity index (χ0) is 18.4. The molecule has 6 rings (SSSR count). The summed E-state index contributed by atoms with van der Waals surface area (Å²) in [5.74, 6) is 3.42. The van der Waals surface area contributed by atoms with Crippen LogP contribution >= 0.6 is 11.6 Å². The smallest absolute Gasteiger partial charge is 0.335 e. The third-order valence-electron chi connectivity index (χ3n) is 6.16. The second-order valence-electron chi connectivity index (χ2n) is 8.03. The molecule has 4 aliphatic carbocycles. The largest absolute Gasteiger partial charge is 0.459 e. The third kappa shape index (κ3) is 3.55. The summed E-state index contributed by atoms with van der Waals surface area (Å²) in [6.07, 6.45) is 8.05. The molecular weight excluding hydrogens is 366 g/mol. The van der Waals surface area contributed by atoms with Gasteiger partial charge in [0.05, 0.1) is 5.92 Å². The highest BCUT2D eigenvalue weighted by atomic mass is 35.5. The minimum absolute atomic E-state index is 0.00652. The molecule has 2 aromatic heterocycles. The first kappa shape index (κ1) is 17.0. The van der Waals surface area contributed by atoms with Gasteiger partial charge in [-0.15, -0.1) is 0 Å². The van der Waals surface area contributed by atoms with Crippen molar-refractivity contribution in [2.24, 2.45) is 17.8 Å². The van der Waals surface area contributed by atoms with Crippen LogP contribution in [0.4, 0.5) is 5.82 Å². The fourth-order valence-corrected chi connectivity index (χ4v) is 4.70. The van der Waals surface area contributed by atoms with Crippen molar-refractivity contribution in [3.05, 3.63) is 29.2 Å². The van der Waals surface area contributed by atoms with Gasteiger partial charge in [-0.1, -0.05) is 12.8 Å². The predicted octanol–water partition coefficient (Wildman–Crippen LogP) is 4.96. The topological polar surface area (TPSA) is 77.2 Å². The SMILES string of the molecule is O=C(ONc1cc(-c2ccc(C3CC3)o2)nc(Cl)n1)C1CC2CCC1CC2. The van der Waals surface area contributed by atoms with Crippen molar-refractivity contribution >= 4 is 23.4 Å². The quantitative estimate of drug-likeness (QED) is 0.576. The lowest BCUT2D eigenvalue weighted by atomic mass is 9.65. The van der Waals surface area contributed by atoms with E-state index in [1.54, 1.807) is 6.07 Å². The Morgan fingerprint density at radius 1 is 1.15 bits per heavy atom. The Balaban J connectivity index is 1.27. The van der Waals surface area contributed by atoms with Crippen LogP contribution in [-0.2, 0) is 9.63 Å². The fraction of sp³-hybridized carbons (Fsp3) is 0.550. The van der Waals surface area contributed by atoms with Gasteiger partial charge in [0.1, 0.15) is 11.5 Å². The van der Waals surface area contributed by atoms with Crippen molar-refractivity contribution in [2.45, 2.75) is 50.9 Å². The molecule has 6 nitrogen and oxygen atoms in total. The van der Waals surface area contributed by atoms with Gasteiger partial charge in [-0.2, -0.15) is 4.98 Å². The third-order valence-corrected chi connectivity index (χ3v) is 6.33. The number of nitrogens with zero attached hydrogens (tertiary/aromatic N) is 2. The Labute approximate surface area is 162 Å². The van der Waals surface area contributed by atoms with E-state index in [-0.39, 0.29) is 17.2 Å². The minimum Gasteiger partial charge on any atom is -0.459 e. The van der Waals surface area contributed by atoms with Gasteiger partial charge in [0.2, 0.25) is 5.28 Å². The van der Waals surface area contributed by atoms with Gasteiger partial charge in [-0.25, -0.2) is 15.3 Å². The van der Waals surface area contributed by atoms with Crippen LogP contribution in [0.1, 0.15) is 56.6 Å². The summed E-state index contributed by atoms with van der Waals surface area (Å²) in [7, 11) is 0. The van der Waals surface area contributed by atoms with E-state index in [0.29, 0.717) is 35.0 Å². The van der Waals surface area contributed by atoms with Crippen molar-refractivity contribution in [1.82, 2.24) is 9.97 Å². The average molecular weight is 388 g/mol. The van der Waals surface area contributed by atoms with E-state index in [9.17, 15) is 4.79 Å². The first-order chi connectivity index (χ1) is 13.2. The lowest BCUT2D eigenvalue weighted by Gasteiger charge is -2.40. The van der Waals surface area contributed by atoms with Gasteiger partial charge < -0.3 is 9.25 Å². The molecule has 2 aromatic rings. The van der Waals surface area contributed by atoms with Gasteiger partial charge in [0.25, 0.3) is 0 Å². The van der Waals surface area contributed by atoms with Crippen LogP contribution in [0.15, 0.2) is 22.6 Å². The molecule has 27 heavy (non-hydrogen) atoms. The van der Waals surface area contributed by atoms with Gasteiger partial charge >= 0.3 is 5.97 Å². The number of carbonyl (C=O) groups is 1. The maximum absolute atomic E-state index is 12.5. The highest BCUT2D eigenvalue weighted by Gasteiger charge is 2.40. The number of furan rings is 1. The first-order valence-electron chi connectivity index (χ1n) is 9.77. The van der Waals surface area contributed by atoms with Gasteiger partial charge in [-0.3, -0.25) is 0 Å². The maximum Gasteiger partial charge on any atom is 0.335 e. The van der Waals surface area contributed by atoms with Crippen LogP contribution in [0.5, 0.6) is 0 Å². The van der Waals surface area contributed by atoms with Gasteiger partial charge in [0, 0.05) is 12.0 Å². The van der Waals surface area contributed by atoms with E-state index in [2.05, 4.69) is 15.4 Å². The molecular formula is C20H22ClN3O3. The van der Waals surface area contributed by atoms with Crippen molar-refractivity contribution < 1.29 is 14.0 Å². The first-order valence-corrected chi connectivity index (χ1v) is 10.1. The molecule has 2 heterocycles. The van der Waals surface area contributed by atoms with Crippen molar-refractivity contribution in [3.8, 4) is 11.5 Å². The molecule has 1 atom stereocenters. The summed E-state index contributed by atoms with van der Waals surface area (Å²) in [6, 6.07) is 5.55. The molecule has 1 unspecified atom stereocenters. The molecule has 0 saturated heterocycles. The van der Waals surface area contributed by atoms with Gasteiger partial charge in [-0.05, 0) is 67.7 Å². The van der Waals surface area contributed by atoms with Crippen LogP contribution in [0, 0.1) is 17.8 Å².